The standard InChI is InChI=1S/C25H20N4O3S/c30-21-9-2-1-7-19(21)29-23(22(27-25(29)33)18-6-3-4-14-26-18)20-8-5-15-28(20)17-12-10-16(11-13-17)24(31)32/h1-15,22-23,30H,(H,27,33)(H,31,32)/t22-,23-/m1/s1. The molecule has 164 valence electrons. The molecule has 0 bridgehead atoms. The van der Waals surface area contributed by atoms with Crippen LogP contribution in [0.2, 0.25) is 0 Å². The van der Waals surface area contributed by atoms with Crippen LogP contribution in [0, 0.1) is 0 Å². The number of pyridine rings is 1. The summed E-state index contributed by atoms with van der Waals surface area (Å²) in [5.41, 5.74) is 3.35. The fourth-order valence-corrected chi connectivity index (χ4v) is 4.56. The third-order valence-electron chi connectivity index (χ3n) is 5.72. The largest absolute Gasteiger partial charge is 0.506 e. The zero-order valence-electron chi connectivity index (χ0n) is 17.4. The summed E-state index contributed by atoms with van der Waals surface area (Å²) in [5, 5.41) is 23.7. The summed E-state index contributed by atoms with van der Waals surface area (Å²) in [6.45, 7) is 0. The van der Waals surface area contributed by atoms with Gasteiger partial charge in [0.15, 0.2) is 5.11 Å². The minimum Gasteiger partial charge on any atom is -0.506 e. The number of rotatable bonds is 5. The van der Waals surface area contributed by atoms with E-state index in [0.29, 0.717) is 10.8 Å². The second-order valence-electron chi connectivity index (χ2n) is 7.64. The number of anilines is 1. The Bertz CT molecular complexity index is 1320. The molecule has 1 saturated heterocycles. The maximum atomic E-state index is 11.3. The molecule has 0 saturated carbocycles. The van der Waals surface area contributed by atoms with Crippen molar-refractivity contribution >= 4 is 29.0 Å². The van der Waals surface area contributed by atoms with Crippen LogP contribution in [0.4, 0.5) is 5.69 Å². The zero-order valence-corrected chi connectivity index (χ0v) is 18.2. The molecule has 3 N–H and O–H groups in total. The van der Waals surface area contributed by atoms with Gasteiger partial charge in [-0.25, -0.2) is 4.79 Å². The lowest BCUT2D eigenvalue weighted by Gasteiger charge is -2.29. The molecule has 0 radical (unpaired) electrons. The van der Waals surface area contributed by atoms with Crippen LogP contribution in [-0.4, -0.2) is 30.8 Å². The van der Waals surface area contributed by atoms with Gasteiger partial charge in [0.1, 0.15) is 11.8 Å². The Hall–Kier alpha value is -4.17. The maximum Gasteiger partial charge on any atom is 0.335 e. The highest BCUT2D eigenvalue weighted by atomic mass is 32.1. The average molecular weight is 457 g/mol. The third-order valence-corrected chi connectivity index (χ3v) is 6.03. The first-order chi connectivity index (χ1) is 16.0. The fourth-order valence-electron chi connectivity index (χ4n) is 4.22. The molecular formula is C25H20N4O3S. The summed E-state index contributed by atoms with van der Waals surface area (Å²) < 4.78 is 1.99. The molecule has 8 heteroatoms. The Kier molecular flexibility index (Phi) is 5.27. The van der Waals surface area contributed by atoms with Gasteiger partial charge in [0.25, 0.3) is 0 Å². The number of carboxylic acid groups (broad SMARTS) is 1. The van der Waals surface area contributed by atoms with Gasteiger partial charge in [-0.1, -0.05) is 18.2 Å². The molecule has 3 heterocycles. The van der Waals surface area contributed by atoms with E-state index in [1.807, 2.05) is 58.1 Å². The fraction of sp³-hybridized carbons (Fsp3) is 0.0800. The van der Waals surface area contributed by atoms with Gasteiger partial charge in [0.05, 0.1) is 23.0 Å². The van der Waals surface area contributed by atoms with E-state index in [9.17, 15) is 15.0 Å². The number of aromatic carboxylic acids is 1. The SMILES string of the molecule is O=C(O)c1ccc(-n2cccc2[C@@H]2[C@@H](c3ccccn3)NC(=S)N2c2ccccc2O)cc1. The smallest absolute Gasteiger partial charge is 0.335 e. The second-order valence-corrected chi connectivity index (χ2v) is 8.03. The van der Waals surface area contributed by atoms with Gasteiger partial charge < -0.3 is 25.0 Å². The molecule has 0 aliphatic carbocycles. The number of benzene rings is 2. The molecule has 33 heavy (non-hydrogen) atoms. The molecular weight excluding hydrogens is 436 g/mol. The number of nitrogens with zero attached hydrogens (tertiary/aromatic N) is 3. The van der Waals surface area contributed by atoms with E-state index in [0.717, 1.165) is 17.1 Å². The number of thiocarbonyl (C=S) groups is 1. The van der Waals surface area contributed by atoms with Crippen molar-refractivity contribution in [2.75, 3.05) is 4.90 Å². The van der Waals surface area contributed by atoms with Crippen molar-refractivity contribution in [1.29, 1.82) is 0 Å². The van der Waals surface area contributed by atoms with Crippen molar-refractivity contribution in [3.05, 3.63) is 108 Å². The number of phenolic OH excluding ortho intramolecular Hbond substituents is 1. The third kappa shape index (κ3) is 3.70. The molecule has 2 aromatic carbocycles. The summed E-state index contributed by atoms with van der Waals surface area (Å²) >= 11 is 5.72. The number of hydrogen-bond acceptors (Lipinski definition) is 4. The average Bonchev–Trinajstić information content (AvgIpc) is 3.44. The number of carboxylic acids is 1. The molecule has 5 rings (SSSR count). The number of para-hydroxylation sites is 2. The first-order valence-corrected chi connectivity index (χ1v) is 10.7. The molecule has 1 fully saturated rings. The van der Waals surface area contributed by atoms with Crippen LogP contribution in [-0.2, 0) is 0 Å². The van der Waals surface area contributed by atoms with Crippen molar-refractivity contribution in [3.8, 4) is 11.4 Å². The van der Waals surface area contributed by atoms with Gasteiger partial charge >= 0.3 is 5.97 Å². The number of phenols is 1. The van der Waals surface area contributed by atoms with E-state index >= 15 is 0 Å². The molecule has 0 spiro atoms. The van der Waals surface area contributed by atoms with Crippen LogP contribution in [0.3, 0.4) is 0 Å². The maximum absolute atomic E-state index is 11.3. The van der Waals surface area contributed by atoms with E-state index in [1.54, 1.807) is 42.6 Å². The lowest BCUT2D eigenvalue weighted by Crippen LogP contribution is -2.30. The minimum absolute atomic E-state index is 0.122. The van der Waals surface area contributed by atoms with Gasteiger partial charge in [-0.3, -0.25) is 4.98 Å². The normalized spacial score (nSPS) is 17.7. The van der Waals surface area contributed by atoms with Gasteiger partial charge in [-0.15, -0.1) is 0 Å². The van der Waals surface area contributed by atoms with E-state index in [1.165, 1.54) is 0 Å². The van der Waals surface area contributed by atoms with Gasteiger partial charge in [-0.05, 0) is 72.9 Å². The Labute approximate surface area is 195 Å². The minimum atomic E-state index is -0.972. The Morgan fingerprint density at radius 1 is 0.970 bits per heavy atom. The van der Waals surface area contributed by atoms with Crippen LogP contribution >= 0.6 is 12.2 Å². The Balaban J connectivity index is 1.65. The highest BCUT2D eigenvalue weighted by Crippen LogP contribution is 2.44. The first kappa shape index (κ1) is 20.7. The number of carbonyl (C=O) groups is 1. The van der Waals surface area contributed by atoms with Crippen molar-refractivity contribution in [2.45, 2.75) is 12.1 Å². The molecule has 4 aromatic rings. The van der Waals surface area contributed by atoms with Crippen molar-refractivity contribution in [2.24, 2.45) is 0 Å². The van der Waals surface area contributed by atoms with Crippen LogP contribution < -0.4 is 10.2 Å². The Morgan fingerprint density at radius 3 is 2.42 bits per heavy atom. The van der Waals surface area contributed by atoms with Crippen molar-refractivity contribution < 1.29 is 15.0 Å². The van der Waals surface area contributed by atoms with E-state index in [2.05, 4.69) is 10.3 Å². The van der Waals surface area contributed by atoms with Crippen LogP contribution in [0.1, 0.15) is 33.8 Å². The monoisotopic (exact) mass is 456 g/mol. The molecule has 1 aliphatic heterocycles. The summed E-state index contributed by atoms with van der Waals surface area (Å²) in [5.74, 6) is -0.849. The summed E-state index contributed by atoms with van der Waals surface area (Å²) in [6, 6.07) is 22.8. The van der Waals surface area contributed by atoms with E-state index < -0.39 is 5.97 Å². The summed E-state index contributed by atoms with van der Waals surface area (Å²) in [6.07, 6.45) is 3.66. The van der Waals surface area contributed by atoms with Crippen LogP contribution in [0.5, 0.6) is 5.75 Å². The zero-order chi connectivity index (χ0) is 22.9. The molecule has 1 aliphatic rings. The molecule has 2 aromatic heterocycles. The topological polar surface area (TPSA) is 90.6 Å². The number of aromatic nitrogens is 2. The van der Waals surface area contributed by atoms with Crippen LogP contribution in [0.25, 0.3) is 5.69 Å². The lowest BCUT2D eigenvalue weighted by atomic mass is 10.0. The van der Waals surface area contributed by atoms with Crippen LogP contribution in [0.15, 0.2) is 91.3 Å². The summed E-state index contributed by atoms with van der Waals surface area (Å²) in [7, 11) is 0. The van der Waals surface area contributed by atoms with E-state index in [-0.39, 0.29) is 23.4 Å². The highest BCUT2D eigenvalue weighted by molar-refractivity contribution is 7.80. The van der Waals surface area contributed by atoms with Gasteiger partial charge in [0, 0.05) is 23.8 Å². The van der Waals surface area contributed by atoms with Gasteiger partial charge in [-0.2, -0.15) is 0 Å². The Morgan fingerprint density at radius 2 is 1.73 bits per heavy atom. The number of hydrogen-bond donors (Lipinski definition) is 3. The molecule has 0 amide bonds. The number of aromatic hydroxyl groups is 1. The second kappa shape index (κ2) is 8.40. The molecule has 0 unspecified atom stereocenters. The quantitative estimate of drug-likeness (QED) is 0.382. The summed E-state index contributed by atoms with van der Waals surface area (Å²) in [4.78, 5) is 17.7. The predicted octanol–water partition coefficient (Wildman–Crippen LogP) is 4.45. The van der Waals surface area contributed by atoms with E-state index in [4.69, 9.17) is 12.2 Å². The van der Waals surface area contributed by atoms with Gasteiger partial charge in [0.2, 0.25) is 0 Å². The number of nitrogens with one attached hydrogen (secondary N) is 1. The first-order valence-electron chi connectivity index (χ1n) is 10.3. The van der Waals surface area contributed by atoms with Crippen molar-refractivity contribution in [1.82, 2.24) is 14.9 Å². The lowest BCUT2D eigenvalue weighted by molar-refractivity contribution is 0.0697. The molecule has 2 atom stereocenters. The molecule has 7 nitrogen and oxygen atoms in total. The predicted molar refractivity (Wildman–Crippen MR) is 129 cm³/mol. The van der Waals surface area contributed by atoms with Crippen molar-refractivity contribution in [3.63, 3.8) is 0 Å². The highest BCUT2D eigenvalue weighted by Gasteiger charge is 2.42.